The molecule has 1 aliphatic heterocycles. The van der Waals surface area contributed by atoms with Gasteiger partial charge in [-0.15, -0.1) is 0 Å². The maximum Gasteiger partial charge on any atom is 0.249 e. The predicted molar refractivity (Wildman–Crippen MR) is 104 cm³/mol. The number of hydrogen-bond donors (Lipinski definition) is 1. The topological polar surface area (TPSA) is 54.3 Å². The maximum absolute atomic E-state index is 13.3. The van der Waals surface area contributed by atoms with Crippen LogP contribution < -0.4 is 5.32 Å². The molecule has 2 heterocycles. The van der Waals surface area contributed by atoms with Crippen LogP contribution in [-0.4, -0.2) is 27.3 Å². The Morgan fingerprint density at radius 1 is 1.11 bits per heavy atom. The summed E-state index contributed by atoms with van der Waals surface area (Å²) in [5.74, 6) is 0.411. The monoisotopic (exact) mass is 365 g/mol. The molecule has 3 atom stereocenters. The van der Waals surface area contributed by atoms with Crippen LogP contribution in [0.4, 0.5) is 0 Å². The zero-order valence-corrected chi connectivity index (χ0v) is 15.8. The first-order valence-electron chi connectivity index (χ1n) is 9.92. The van der Waals surface area contributed by atoms with Gasteiger partial charge in [-0.05, 0) is 36.5 Å². The maximum atomic E-state index is 13.3. The summed E-state index contributed by atoms with van der Waals surface area (Å²) in [5.41, 5.74) is 1.93. The van der Waals surface area contributed by atoms with E-state index >= 15 is 0 Å². The summed E-state index contributed by atoms with van der Waals surface area (Å²) in [6, 6.07) is 13.4. The Bertz CT molecular complexity index is 814. The Kier molecular flexibility index (Phi) is 5.01. The molecule has 2 aromatic rings. The minimum atomic E-state index is -0.574. The van der Waals surface area contributed by atoms with Gasteiger partial charge in [0.1, 0.15) is 6.54 Å². The molecular weight excluding hydrogens is 338 g/mol. The van der Waals surface area contributed by atoms with Crippen molar-refractivity contribution in [3.63, 3.8) is 0 Å². The molecule has 0 spiro atoms. The lowest BCUT2D eigenvalue weighted by atomic mass is 9.85. The van der Waals surface area contributed by atoms with Crippen molar-refractivity contribution >= 4 is 11.8 Å². The van der Waals surface area contributed by atoms with Crippen molar-refractivity contribution < 1.29 is 9.59 Å². The van der Waals surface area contributed by atoms with Crippen LogP contribution >= 0.6 is 0 Å². The molecule has 1 N–H and O–H groups in total. The highest BCUT2D eigenvalue weighted by Crippen LogP contribution is 2.30. The molecule has 0 radical (unpaired) electrons. The van der Waals surface area contributed by atoms with Gasteiger partial charge in [0.25, 0.3) is 0 Å². The summed E-state index contributed by atoms with van der Waals surface area (Å²) in [7, 11) is 0. The fourth-order valence-corrected chi connectivity index (χ4v) is 4.39. The van der Waals surface area contributed by atoms with Crippen LogP contribution in [0.2, 0.25) is 0 Å². The molecule has 4 rings (SSSR count). The highest BCUT2D eigenvalue weighted by Gasteiger charge is 2.38. The Morgan fingerprint density at radius 3 is 2.67 bits per heavy atom. The lowest BCUT2D eigenvalue weighted by Crippen LogP contribution is -2.51. The number of nitrogens with one attached hydrogen (secondary N) is 1. The molecule has 1 aromatic heterocycles. The third-order valence-electron chi connectivity index (χ3n) is 5.97. The number of carbonyl (C=O) groups excluding carboxylic acids is 2. The van der Waals surface area contributed by atoms with Gasteiger partial charge in [-0.2, -0.15) is 0 Å². The minimum absolute atomic E-state index is 0.0144. The van der Waals surface area contributed by atoms with Crippen molar-refractivity contribution in [2.24, 2.45) is 5.92 Å². The van der Waals surface area contributed by atoms with Crippen molar-refractivity contribution in [2.45, 2.75) is 57.8 Å². The molecule has 0 saturated heterocycles. The number of rotatable bonds is 4. The molecule has 0 unspecified atom stereocenters. The average molecular weight is 365 g/mol. The molecule has 2 aliphatic rings. The van der Waals surface area contributed by atoms with Crippen LogP contribution in [0.1, 0.15) is 49.9 Å². The molecular formula is C22H27N3O2. The third kappa shape index (κ3) is 3.64. The number of carbonyl (C=O) groups is 2. The first-order chi connectivity index (χ1) is 13.1. The first kappa shape index (κ1) is 17.8. The lowest BCUT2D eigenvalue weighted by molar-refractivity contribution is -0.145. The number of nitrogens with zero attached hydrogens (tertiary/aromatic N) is 2. The average Bonchev–Trinajstić information content (AvgIpc) is 3.12. The quantitative estimate of drug-likeness (QED) is 0.904. The SMILES string of the molecule is C[C@@H]1CCCC[C@@H]1NC(=O)[C@H]1c2cccn2CC(=O)N1Cc1ccccc1. The largest absolute Gasteiger partial charge is 0.351 e. The zero-order chi connectivity index (χ0) is 18.8. The van der Waals surface area contributed by atoms with Crippen LogP contribution in [0.15, 0.2) is 48.7 Å². The fourth-order valence-electron chi connectivity index (χ4n) is 4.39. The first-order valence-corrected chi connectivity index (χ1v) is 9.92. The number of hydrogen-bond acceptors (Lipinski definition) is 2. The highest BCUT2D eigenvalue weighted by molar-refractivity contribution is 5.90. The van der Waals surface area contributed by atoms with E-state index in [9.17, 15) is 9.59 Å². The summed E-state index contributed by atoms with van der Waals surface area (Å²) in [6.07, 6.45) is 6.45. The van der Waals surface area contributed by atoms with Crippen molar-refractivity contribution in [3.8, 4) is 0 Å². The van der Waals surface area contributed by atoms with Gasteiger partial charge in [-0.1, -0.05) is 50.1 Å². The van der Waals surface area contributed by atoms with E-state index in [1.54, 1.807) is 4.90 Å². The number of amides is 2. The van der Waals surface area contributed by atoms with Crippen LogP contribution in [0.3, 0.4) is 0 Å². The van der Waals surface area contributed by atoms with Gasteiger partial charge in [0.05, 0.1) is 5.69 Å². The lowest BCUT2D eigenvalue weighted by Gasteiger charge is -2.38. The van der Waals surface area contributed by atoms with Gasteiger partial charge in [0, 0.05) is 18.8 Å². The zero-order valence-electron chi connectivity index (χ0n) is 15.8. The van der Waals surface area contributed by atoms with Crippen LogP contribution in [-0.2, 0) is 22.7 Å². The standard InChI is InChI=1S/C22H27N3O2/c1-16-8-5-6-11-18(16)23-22(27)21-19-12-7-13-24(19)15-20(26)25(21)14-17-9-3-2-4-10-17/h2-4,7,9-10,12-13,16,18,21H,5-6,8,11,14-15H2,1H3,(H,23,27)/t16-,18+,21-/m1/s1. The van der Waals surface area contributed by atoms with Gasteiger partial charge >= 0.3 is 0 Å². The molecule has 142 valence electrons. The van der Waals surface area contributed by atoms with Gasteiger partial charge in [-0.25, -0.2) is 0 Å². The summed E-state index contributed by atoms with van der Waals surface area (Å²) >= 11 is 0. The van der Waals surface area contributed by atoms with Gasteiger partial charge in [0.2, 0.25) is 11.8 Å². The van der Waals surface area contributed by atoms with Crippen LogP contribution in [0, 0.1) is 5.92 Å². The molecule has 1 aliphatic carbocycles. The Labute approximate surface area is 160 Å². The molecule has 1 aromatic carbocycles. The molecule has 1 saturated carbocycles. The molecule has 5 nitrogen and oxygen atoms in total. The molecule has 1 fully saturated rings. The summed E-state index contributed by atoms with van der Waals surface area (Å²) in [6.45, 7) is 2.95. The Hall–Kier alpha value is -2.56. The van der Waals surface area contributed by atoms with Crippen molar-refractivity contribution in [1.29, 1.82) is 0 Å². The summed E-state index contributed by atoms with van der Waals surface area (Å²) < 4.78 is 1.90. The van der Waals surface area contributed by atoms with Gasteiger partial charge < -0.3 is 14.8 Å². The summed E-state index contributed by atoms with van der Waals surface area (Å²) in [5, 5.41) is 3.26. The normalized spacial score (nSPS) is 25.1. The molecule has 5 heteroatoms. The number of aromatic nitrogens is 1. The van der Waals surface area contributed by atoms with Crippen molar-refractivity contribution in [2.75, 3.05) is 0 Å². The Balaban J connectivity index is 1.61. The van der Waals surface area contributed by atoms with Crippen molar-refractivity contribution in [1.82, 2.24) is 14.8 Å². The van der Waals surface area contributed by atoms with Crippen LogP contribution in [0.5, 0.6) is 0 Å². The highest BCUT2D eigenvalue weighted by atomic mass is 16.2. The number of fused-ring (bicyclic) bond motifs is 1. The Morgan fingerprint density at radius 2 is 1.89 bits per heavy atom. The molecule has 27 heavy (non-hydrogen) atoms. The van der Waals surface area contributed by atoms with Crippen LogP contribution in [0.25, 0.3) is 0 Å². The second-order valence-electron chi connectivity index (χ2n) is 7.85. The predicted octanol–water partition coefficient (Wildman–Crippen LogP) is 3.27. The second-order valence-corrected chi connectivity index (χ2v) is 7.85. The van der Waals surface area contributed by atoms with E-state index in [-0.39, 0.29) is 17.9 Å². The third-order valence-corrected chi connectivity index (χ3v) is 5.97. The van der Waals surface area contributed by atoms with E-state index in [4.69, 9.17) is 0 Å². The van der Waals surface area contributed by atoms with Gasteiger partial charge in [-0.3, -0.25) is 9.59 Å². The van der Waals surface area contributed by atoms with E-state index in [2.05, 4.69) is 12.2 Å². The molecule has 2 amide bonds. The molecule has 0 bridgehead atoms. The van der Waals surface area contributed by atoms with Crippen molar-refractivity contribution in [3.05, 3.63) is 59.9 Å². The fraction of sp³-hybridized carbons (Fsp3) is 0.455. The van der Waals surface area contributed by atoms with E-state index in [0.717, 1.165) is 30.5 Å². The summed E-state index contributed by atoms with van der Waals surface area (Å²) in [4.78, 5) is 27.9. The number of benzene rings is 1. The van der Waals surface area contributed by atoms with E-state index in [1.807, 2.05) is 53.2 Å². The smallest absolute Gasteiger partial charge is 0.249 e. The van der Waals surface area contributed by atoms with E-state index in [1.165, 1.54) is 6.42 Å². The van der Waals surface area contributed by atoms with E-state index < -0.39 is 6.04 Å². The van der Waals surface area contributed by atoms with E-state index in [0.29, 0.717) is 19.0 Å². The minimum Gasteiger partial charge on any atom is -0.351 e. The second kappa shape index (κ2) is 7.59. The van der Waals surface area contributed by atoms with Gasteiger partial charge in [0.15, 0.2) is 6.04 Å².